The van der Waals surface area contributed by atoms with E-state index in [1.165, 1.54) is 18.2 Å². The first-order valence-corrected chi connectivity index (χ1v) is 11.2. The molecule has 0 aliphatic rings. The molecule has 0 unspecified atom stereocenters. The highest BCUT2D eigenvalue weighted by Crippen LogP contribution is 2.42. The molecule has 0 aliphatic heterocycles. The zero-order valence-electron chi connectivity index (χ0n) is 17.6. The Bertz CT molecular complexity index is 1440. The molecule has 0 fully saturated rings. The minimum absolute atomic E-state index is 0.00907. The molecule has 0 aliphatic carbocycles. The number of carbonyl (C=O) groups excluding carboxylic acids is 1. The van der Waals surface area contributed by atoms with Gasteiger partial charge in [0.2, 0.25) is 10.0 Å². The number of aryl methyl sites for hydroxylation is 1. The van der Waals surface area contributed by atoms with Crippen LogP contribution in [0.5, 0.6) is 0 Å². The Balaban J connectivity index is 2.64. The molecule has 0 bridgehead atoms. The largest absolute Gasteiger partial charge is 0.478 e. The molecule has 0 aromatic heterocycles. The number of carboxylic acid groups (broad SMARTS) is 1. The van der Waals surface area contributed by atoms with Gasteiger partial charge in [-0.3, -0.25) is 4.79 Å². The second kappa shape index (κ2) is 8.78. The molecule has 3 rings (SSSR count). The van der Waals surface area contributed by atoms with Crippen LogP contribution in [0.25, 0.3) is 22.3 Å². The van der Waals surface area contributed by atoms with Crippen molar-refractivity contribution in [2.45, 2.75) is 18.2 Å². The first-order valence-electron chi connectivity index (χ1n) is 9.63. The molecule has 33 heavy (non-hydrogen) atoms. The number of amides is 1. The topological polar surface area (TPSA) is 167 Å². The third-order valence-electron chi connectivity index (χ3n) is 5.24. The number of rotatable bonds is 6. The van der Waals surface area contributed by atoms with E-state index in [-0.39, 0.29) is 34.4 Å². The van der Waals surface area contributed by atoms with Crippen molar-refractivity contribution in [2.24, 2.45) is 10.9 Å². The summed E-state index contributed by atoms with van der Waals surface area (Å²) in [6, 6.07) is 13.1. The van der Waals surface area contributed by atoms with Crippen molar-refractivity contribution < 1.29 is 23.1 Å². The van der Waals surface area contributed by atoms with Crippen LogP contribution < -0.4 is 16.6 Å². The number of carbonyl (C=O) groups is 2. The Morgan fingerprint density at radius 3 is 2.24 bits per heavy atom. The second-order valence-electron chi connectivity index (χ2n) is 7.33. The fourth-order valence-electron chi connectivity index (χ4n) is 3.89. The van der Waals surface area contributed by atoms with Gasteiger partial charge in [-0.15, -0.1) is 12.3 Å². The lowest BCUT2D eigenvalue weighted by molar-refractivity contribution is 0.0695. The molecular weight excluding hydrogens is 442 g/mol. The lowest BCUT2D eigenvalue weighted by Gasteiger charge is -2.21. The van der Waals surface area contributed by atoms with E-state index >= 15 is 0 Å². The number of carboxylic acids is 1. The number of primary sulfonamides is 1. The molecule has 0 saturated carbocycles. The van der Waals surface area contributed by atoms with Gasteiger partial charge in [-0.25, -0.2) is 18.4 Å². The van der Waals surface area contributed by atoms with Gasteiger partial charge in [0.1, 0.15) is 4.90 Å². The van der Waals surface area contributed by atoms with Gasteiger partial charge >= 0.3 is 5.97 Å². The van der Waals surface area contributed by atoms with Crippen LogP contribution in [0.15, 0.2) is 53.4 Å². The van der Waals surface area contributed by atoms with Crippen LogP contribution >= 0.6 is 0 Å². The number of terminal acetylenes is 1. The predicted octanol–water partition coefficient (Wildman–Crippen LogP) is 2.53. The molecule has 3 aromatic carbocycles. The lowest BCUT2D eigenvalue weighted by atomic mass is 9.86. The van der Waals surface area contributed by atoms with Crippen molar-refractivity contribution in [3.63, 3.8) is 0 Å². The van der Waals surface area contributed by atoms with Crippen molar-refractivity contribution in [3.8, 4) is 34.6 Å². The number of nitrogens with two attached hydrogens (primary N) is 3. The summed E-state index contributed by atoms with van der Waals surface area (Å²) in [7, 11) is -4.54. The summed E-state index contributed by atoms with van der Waals surface area (Å²) in [5.74, 6) is 0.0703. The van der Waals surface area contributed by atoms with Crippen LogP contribution in [-0.4, -0.2) is 25.4 Å². The van der Waals surface area contributed by atoms with E-state index < -0.39 is 32.4 Å². The van der Waals surface area contributed by atoms with E-state index in [1.807, 2.05) is 0 Å². The van der Waals surface area contributed by atoms with Crippen molar-refractivity contribution in [1.29, 1.82) is 0 Å². The molecule has 0 spiro atoms. The first kappa shape index (κ1) is 23.5. The number of hydrogen-bond donors (Lipinski definition) is 4. The van der Waals surface area contributed by atoms with Gasteiger partial charge in [0.25, 0.3) is 5.91 Å². The van der Waals surface area contributed by atoms with Crippen LogP contribution in [0.1, 0.15) is 31.8 Å². The monoisotopic (exact) mass is 463 g/mol. The number of primary amides is 1. The second-order valence-corrected chi connectivity index (χ2v) is 8.83. The molecule has 0 radical (unpaired) electrons. The van der Waals surface area contributed by atoms with Gasteiger partial charge in [0, 0.05) is 17.5 Å². The van der Waals surface area contributed by atoms with Gasteiger partial charge in [-0.2, -0.15) is 0 Å². The fraction of sp³-hybridized carbons (Fsp3) is 0.0833. The number of hydrogen-bond acceptors (Lipinski definition) is 5. The van der Waals surface area contributed by atoms with Crippen molar-refractivity contribution in [2.75, 3.05) is 5.73 Å². The minimum Gasteiger partial charge on any atom is -0.478 e. The van der Waals surface area contributed by atoms with Gasteiger partial charge < -0.3 is 16.6 Å². The Kier molecular flexibility index (Phi) is 6.26. The Labute approximate surface area is 191 Å². The van der Waals surface area contributed by atoms with Gasteiger partial charge in [0.15, 0.2) is 0 Å². The molecule has 8 nitrogen and oxygen atoms in total. The summed E-state index contributed by atoms with van der Waals surface area (Å²) >= 11 is 0. The first-order chi connectivity index (χ1) is 15.5. The summed E-state index contributed by atoms with van der Waals surface area (Å²) in [6.45, 7) is 1.66. The summed E-state index contributed by atoms with van der Waals surface area (Å²) in [6.07, 6.45) is 5.38. The van der Waals surface area contributed by atoms with E-state index in [4.69, 9.17) is 23.0 Å². The van der Waals surface area contributed by atoms with E-state index in [9.17, 15) is 23.1 Å². The van der Waals surface area contributed by atoms with E-state index in [2.05, 4.69) is 5.92 Å². The molecule has 168 valence electrons. The van der Waals surface area contributed by atoms with Crippen LogP contribution in [0.4, 0.5) is 5.69 Å². The number of anilines is 1. The SMILES string of the molecule is C#CCc1c(C(=O)O)ccc(C)c1-c1cc(-c2ccccc2)c(N)c(C(N)=O)c1S(N)(=O)=O. The highest BCUT2D eigenvalue weighted by atomic mass is 32.2. The Morgan fingerprint density at radius 2 is 1.73 bits per heavy atom. The predicted molar refractivity (Wildman–Crippen MR) is 126 cm³/mol. The smallest absolute Gasteiger partial charge is 0.336 e. The van der Waals surface area contributed by atoms with E-state index in [0.717, 1.165) is 0 Å². The highest BCUT2D eigenvalue weighted by Gasteiger charge is 2.30. The third kappa shape index (κ3) is 4.30. The third-order valence-corrected chi connectivity index (χ3v) is 6.23. The van der Waals surface area contributed by atoms with Crippen molar-refractivity contribution >= 4 is 27.6 Å². The molecule has 1 amide bonds. The zero-order chi connectivity index (χ0) is 24.5. The normalized spacial score (nSPS) is 11.1. The van der Waals surface area contributed by atoms with Gasteiger partial charge in [-0.1, -0.05) is 36.4 Å². The molecule has 0 atom stereocenters. The number of sulfonamides is 1. The maximum Gasteiger partial charge on any atom is 0.336 e. The average molecular weight is 464 g/mol. The zero-order valence-corrected chi connectivity index (χ0v) is 18.4. The van der Waals surface area contributed by atoms with Gasteiger partial charge in [-0.05, 0) is 41.3 Å². The minimum atomic E-state index is -4.54. The molecule has 7 N–H and O–H groups in total. The van der Waals surface area contributed by atoms with Crippen LogP contribution in [0.3, 0.4) is 0 Å². The van der Waals surface area contributed by atoms with E-state index in [1.54, 1.807) is 37.3 Å². The molecular formula is C24H21N3O5S. The molecule has 9 heteroatoms. The molecule has 0 saturated heterocycles. The summed E-state index contributed by atoms with van der Waals surface area (Å²) in [5.41, 5.74) is 12.9. The van der Waals surface area contributed by atoms with Crippen LogP contribution in [0, 0.1) is 19.3 Å². The maximum absolute atomic E-state index is 12.7. The quantitative estimate of drug-likeness (QED) is 0.324. The number of benzene rings is 3. The summed E-state index contributed by atoms with van der Waals surface area (Å²) < 4.78 is 25.4. The maximum atomic E-state index is 12.7. The Hall–Kier alpha value is -4.13. The number of nitrogen functional groups attached to an aromatic ring is 1. The lowest BCUT2D eigenvalue weighted by Crippen LogP contribution is -2.24. The Morgan fingerprint density at radius 1 is 1.09 bits per heavy atom. The summed E-state index contributed by atoms with van der Waals surface area (Å²) in [4.78, 5) is 23.7. The molecule has 0 heterocycles. The molecule has 3 aromatic rings. The van der Waals surface area contributed by atoms with Crippen LogP contribution in [0.2, 0.25) is 0 Å². The van der Waals surface area contributed by atoms with Crippen molar-refractivity contribution in [3.05, 3.63) is 70.8 Å². The fourth-order valence-corrected chi connectivity index (χ4v) is 4.85. The highest BCUT2D eigenvalue weighted by molar-refractivity contribution is 7.89. The standard InChI is InChI=1S/C24H21N3O5S/c1-3-7-15-16(24(29)30)11-10-13(2)19(15)18-12-17(14-8-5-4-6-9-14)21(25)20(23(26)28)22(18)33(27,31)32/h1,4-6,8-12H,7,25H2,2H3,(H2,26,28)(H,29,30)(H2,27,31,32). The number of aromatic carboxylic acids is 1. The average Bonchev–Trinajstić information content (AvgIpc) is 2.73. The van der Waals surface area contributed by atoms with Gasteiger partial charge in [0.05, 0.1) is 16.8 Å². The summed E-state index contributed by atoms with van der Waals surface area (Å²) in [5, 5.41) is 15.2. The van der Waals surface area contributed by atoms with Crippen LogP contribution in [-0.2, 0) is 16.4 Å². The van der Waals surface area contributed by atoms with E-state index in [0.29, 0.717) is 16.7 Å². The van der Waals surface area contributed by atoms with Crippen molar-refractivity contribution in [1.82, 2.24) is 0 Å².